The predicted molar refractivity (Wildman–Crippen MR) is 81.4 cm³/mol. The van der Waals surface area contributed by atoms with Gasteiger partial charge in [-0.3, -0.25) is 4.79 Å². The zero-order valence-electron chi connectivity index (χ0n) is 13.0. The van der Waals surface area contributed by atoms with Gasteiger partial charge in [0.15, 0.2) is 0 Å². The Morgan fingerprint density at radius 2 is 1.90 bits per heavy atom. The third kappa shape index (κ3) is 3.99. The van der Waals surface area contributed by atoms with E-state index in [2.05, 4.69) is 27.7 Å². The number of phenols is 1. The molecule has 3 heteroatoms. The molecular weight excluding hydrogens is 252 g/mol. The van der Waals surface area contributed by atoms with Crippen LogP contribution in [0.1, 0.15) is 63.6 Å². The van der Waals surface area contributed by atoms with E-state index < -0.39 is 5.97 Å². The van der Waals surface area contributed by atoms with E-state index >= 15 is 0 Å². The molecule has 2 N–H and O–H groups in total. The fourth-order valence-corrected chi connectivity index (χ4v) is 2.30. The molecule has 0 aliphatic rings. The first-order valence-corrected chi connectivity index (χ1v) is 7.38. The Balaban J connectivity index is 3.30. The van der Waals surface area contributed by atoms with E-state index in [1.807, 2.05) is 12.1 Å². The number of aliphatic carboxylic acids is 1. The van der Waals surface area contributed by atoms with Crippen LogP contribution in [0.3, 0.4) is 0 Å². The normalized spacial score (nSPS) is 11.6. The number of hydrogen-bond acceptors (Lipinski definition) is 2. The van der Waals surface area contributed by atoms with Crippen molar-refractivity contribution in [3.8, 4) is 5.75 Å². The number of benzene rings is 1. The fraction of sp³-hybridized carbons (Fsp3) is 0.588. The molecule has 0 radical (unpaired) electrons. The Morgan fingerprint density at radius 1 is 1.25 bits per heavy atom. The van der Waals surface area contributed by atoms with Crippen molar-refractivity contribution in [1.29, 1.82) is 0 Å². The summed E-state index contributed by atoms with van der Waals surface area (Å²) in [7, 11) is 0. The molecule has 0 unspecified atom stereocenters. The Hall–Kier alpha value is -1.51. The summed E-state index contributed by atoms with van der Waals surface area (Å²) >= 11 is 0. The summed E-state index contributed by atoms with van der Waals surface area (Å²) in [5, 5.41) is 19.5. The van der Waals surface area contributed by atoms with Gasteiger partial charge in [-0.2, -0.15) is 0 Å². The summed E-state index contributed by atoms with van der Waals surface area (Å²) in [6, 6.07) is 3.69. The van der Waals surface area contributed by atoms with Gasteiger partial charge in [-0.15, -0.1) is 0 Å². The minimum Gasteiger partial charge on any atom is -0.507 e. The van der Waals surface area contributed by atoms with Gasteiger partial charge in [0.2, 0.25) is 0 Å². The molecule has 0 amide bonds. The number of unbranched alkanes of at least 4 members (excludes halogenated alkanes) is 1. The van der Waals surface area contributed by atoms with Crippen LogP contribution in [0, 0.1) is 0 Å². The van der Waals surface area contributed by atoms with Crippen LogP contribution < -0.4 is 0 Å². The molecule has 20 heavy (non-hydrogen) atoms. The molecule has 1 rings (SSSR count). The van der Waals surface area contributed by atoms with E-state index in [0.29, 0.717) is 5.75 Å². The summed E-state index contributed by atoms with van der Waals surface area (Å²) in [4.78, 5) is 10.9. The molecule has 1 aromatic carbocycles. The summed E-state index contributed by atoms with van der Waals surface area (Å²) in [6.45, 7) is 8.34. The molecule has 0 aromatic heterocycles. The average molecular weight is 278 g/mol. The number of aromatic hydroxyl groups is 1. The lowest BCUT2D eigenvalue weighted by molar-refractivity contribution is -0.136. The molecule has 0 atom stereocenters. The summed E-state index contributed by atoms with van der Waals surface area (Å²) in [5.41, 5.74) is 2.37. The maximum absolute atomic E-state index is 10.9. The molecule has 0 saturated carbocycles. The highest BCUT2D eigenvalue weighted by atomic mass is 16.4. The molecule has 0 saturated heterocycles. The highest BCUT2D eigenvalue weighted by Gasteiger charge is 2.24. The lowest BCUT2D eigenvalue weighted by atomic mass is 9.79. The Morgan fingerprint density at radius 3 is 2.40 bits per heavy atom. The Labute approximate surface area is 121 Å². The lowest BCUT2D eigenvalue weighted by Gasteiger charge is -2.26. The van der Waals surface area contributed by atoms with Crippen molar-refractivity contribution in [2.24, 2.45) is 0 Å². The van der Waals surface area contributed by atoms with E-state index in [4.69, 9.17) is 5.11 Å². The third-order valence-corrected chi connectivity index (χ3v) is 4.02. The van der Waals surface area contributed by atoms with E-state index in [1.54, 1.807) is 0 Å². The second-order valence-corrected chi connectivity index (χ2v) is 6.06. The van der Waals surface area contributed by atoms with Crippen molar-refractivity contribution in [3.63, 3.8) is 0 Å². The first kappa shape index (κ1) is 16.5. The second-order valence-electron chi connectivity index (χ2n) is 6.06. The minimum absolute atomic E-state index is 0.00615. The summed E-state index contributed by atoms with van der Waals surface area (Å²) < 4.78 is 0. The largest absolute Gasteiger partial charge is 0.507 e. The quantitative estimate of drug-likeness (QED) is 0.791. The van der Waals surface area contributed by atoms with Crippen LogP contribution in [0.2, 0.25) is 0 Å². The van der Waals surface area contributed by atoms with E-state index in [1.165, 1.54) is 0 Å². The highest BCUT2D eigenvalue weighted by Crippen LogP contribution is 2.37. The topological polar surface area (TPSA) is 57.5 Å². The summed E-state index contributed by atoms with van der Waals surface area (Å²) in [5.74, 6) is -0.489. The van der Waals surface area contributed by atoms with Crippen LogP contribution in [-0.4, -0.2) is 16.2 Å². The second kappa shape index (κ2) is 6.78. The third-order valence-electron chi connectivity index (χ3n) is 4.02. The zero-order valence-corrected chi connectivity index (χ0v) is 13.0. The standard InChI is InChI=1S/C17H26O3/c1-5-7-8-13-9-12(11-15(18)19)10-14(16(13)20)17(3,4)6-2/h9-10,20H,5-8,11H2,1-4H3,(H,18,19). The van der Waals surface area contributed by atoms with Gasteiger partial charge in [0, 0.05) is 5.56 Å². The Kier molecular flexibility index (Phi) is 5.61. The van der Waals surface area contributed by atoms with Gasteiger partial charge in [-0.1, -0.05) is 46.2 Å². The number of rotatable bonds is 7. The van der Waals surface area contributed by atoms with Gasteiger partial charge >= 0.3 is 5.97 Å². The van der Waals surface area contributed by atoms with Crippen LogP contribution >= 0.6 is 0 Å². The molecule has 0 aliphatic carbocycles. The first-order chi connectivity index (χ1) is 9.31. The van der Waals surface area contributed by atoms with Crippen LogP contribution in [0.5, 0.6) is 5.75 Å². The maximum atomic E-state index is 10.9. The molecule has 112 valence electrons. The molecule has 1 aromatic rings. The van der Waals surface area contributed by atoms with Crippen LogP contribution in [0.15, 0.2) is 12.1 Å². The van der Waals surface area contributed by atoms with Crippen molar-refractivity contribution in [1.82, 2.24) is 0 Å². The van der Waals surface area contributed by atoms with E-state index in [0.717, 1.165) is 42.4 Å². The van der Waals surface area contributed by atoms with Gasteiger partial charge in [-0.05, 0) is 35.8 Å². The predicted octanol–water partition coefficient (Wildman–Crippen LogP) is 4.05. The van der Waals surface area contributed by atoms with Crippen LogP contribution in [0.4, 0.5) is 0 Å². The fourth-order valence-electron chi connectivity index (χ4n) is 2.30. The molecule has 3 nitrogen and oxygen atoms in total. The van der Waals surface area contributed by atoms with E-state index in [9.17, 15) is 9.90 Å². The molecule has 0 heterocycles. The monoisotopic (exact) mass is 278 g/mol. The molecule has 0 fully saturated rings. The van der Waals surface area contributed by atoms with Crippen molar-refractivity contribution < 1.29 is 15.0 Å². The lowest BCUT2D eigenvalue weighted by Crippen LogP contribution is -2.17. The SMILES string of the molecule is CCCCc1cc(CC(=O)O)cc(C(C)(C)CC)c1O. The van der Waals surface area contributed by atoms with Crippen molar-refractivity contribution in [2.75, 3.05) is 0 Å². The number of carbonyl (C=O) groups is 1. The van der Waals surface area contributed by atoms with Gasteiger partial charge < -0.3 is 10.2 Å². The average Bonchev–Trinajstić information content (AvgIpc) is 2.38. The Bertz CT molecular complexity index is 475. The molecular formula is C17H26O3. The molecule has 0 bridgehead atoms. The summed E-state index contributed by atoms with van der Waals surface area (Å²) in [6.07, 6.45) is 3.74. The maximum Gasteiger partial charge on any atom is 0.307 e. The van der Waals surface area contributed by atoms with Crippen LogP contribution in [0.25, 0.3) is 0 Å². The van der Waals surface area contributed by atoms with Crippen molar-refractivity contribution >= 4 is 5.97 Å². The number of aryl methyl sites for hydroxylation is 1. The van der Waals surface area contributed by atoms with Crippen molar-refractivity contribution in [3.05, 3.63) is 28.8 Å². The number of carboxylic acid groups (broad SMARTS) is 1. The van der Waals surface area contributed by atoms with Gasteiger partial charge in [0.1, 0.15) is 5.75 Å². The first-order valence-electron chi connectivity index (χ1n) is 7.38. The minimum atomic E-state index is -0.836. The van der Waals surface area contributed by atoms with Gasteiger partial charge in [0.25, 0.3) is 0 Å². The highest BCUT2D eigenvalue weighted by molar-refractivity contribution is 5.70. The van der Waals surface area contributed by atoms with Crippen LogP contribution in [-0.2, 0) is 23.1 Å². The number of carboxylic acids is 1. The van der Waals surface area contributed by atoms with Crippen molar-refractivity contribution in [2.45, 2.75) is 65.2 Å². The van der Waals surface area contributed by atoms with Gasteiger partial charge in [-0.25, -0.2) is 0 Å². The van der Waals surface area contributed by atoms with Gasteiger partial charge in [0.05, 0.1) is 6.42 Å². The molecule has 0 spiro atoms. The zero-order chi connectivity index (χ0) is 15.3. The number of phenolic OH excluding ortho intramolecular Hbond substituents is 1. The smallest absolute Gasteiger partial charge is 0.307 e. The van der Waals surface area contributed by atoms with E-state index in [-0.39, 0.29) is 11.8 Å². The molecule has 0 aliphatic heterocycles. The number of hydrogen-bond donors (Lipinski definition) is 2.